The number of rotatable bonds is 6. The first-order valence-corrected chi connectivity index (χ1v) is 7.59. The van der Waals surface area contributed by atoms with Gasteiger partial charge in [-0.1, -0.05) is 6.07 Å². The van der Waals surface area contributed by atoms with Crippen LogP contribution in [0.25, 0.3) is 0 Å². The summed E-state index contributed by atoms with van der Waals surface area (Å²) >= 11 is 1.80. The standard InChI is InChI=1S/C14H21N5S.HI/c1-15-14(16-8-11-19-9-4-7-17-19)18(2)10-6-13-5-3-12-20-13;/h3-5,7,9,12H,6,8,10-11H2,1-2H3,(H,15,16);1H. The van der Waals surface area contributed by atoms with E-state index in [4.69, 9.17) is 0 Å². The quantitative estimate of drug-likeness (QED) is 0.444. The van der Waals surface area contributed by atoms with E-state index in [9.17, 15) is 0 Å². The maximum Gasteiger partial charge on any atom is 0.193 e. The van der Waals surface area contributed by atoms with Crippen molar-refractivity contribution < 1.29 is 0 Å². The fraction of sp³-hybridized carbons (Fsp3) is 0.429. The van der Waals surface area contributed by atoms with Gasteiger partial charge >= 0.3 is 0 Å². The highest BCUT2D eigenvalue weighted by molar-refractivity contribution is 14.0. The molecule has 0 atom stereocenters. The monoisotopic (exact) mass is 419 g/mol. The predicted molar refractivity (Wildman–Crippen MR) is 99.7 cm³/mol. The molecular formula is C14H22IN5S. The van der Waals surface area contributed by atoms with Crippen molar-refractivity contribution in [1.82, 2.24) is 20.0 Å². The summed E-state index contributed by atoms with van der Waals surface area (Å²) in [5.41, 5.74) is 0. The van der Waals surface area contributed by atoms with Crippen LogP contribution in [0, 0.1) is 0 Å². The zero-order chi connectivity index (χ0) is 14.2. The molecule has 0 saturated carbocycles. The Morgan fingerprint density at radius 2 is 2.33 bits per heavy atom. The van der Waals surface area contributed by atoms with Crippen LogP contribution in [0.5, 0.6) is 0 Å². The summed E-state index contributed by atoms with van der Waals surface area (Å²) in [6.45, 7) is 2.62. The molecule has 21 heavy (non-hydrogen) atoms. The fourth-order valence-corrected chi connectivity index (χ4v) is 2.64. The van der Waals surface area contributed by atoms with Crippen LogP contribution in [0.3, 0.4) is 0 Å². The van der Waals surface area contributed by atoms with Crippen LogP contribution in [0.4, 0.5) is 0 Å². The fourth-order valence-electron chi connectivity index (χ4n) is 1.94. The number of hydrogen-bond acceptors (Lipinski definition) is 3. The van der Waals surface area contributed by atoms with Crippen molar-refractivity contribution in [3.63, 3.8) is 0 Å². The molecule has 0 aliphatic rings. The maximum absolute atomic E-state index is 4.31. The summed E-state index contributed by atoms with van der Waals surface area (Å²) in [7, 11) is 3.88. The SMILES string of the molecule is CN=C(NCCn1cccn1)N(C)CCc1cccs1.I. The smallest absolute Gasteiger partial charge is 0.193 e. The third-order valence-corrected chi connectivity index (χ3v) is 3.97. The third-order valence-electron chi connectivity index (χ3n) is 3.03. The summed E-state index contributed by atoms with van der Waals surface area (Å²) in [4.78, 5) is 7.87. The number of halogens is 1. The zero-order valence-electron chi connectivity index (χ0n) is 12.4. The molecule has 0 radical (unpaired) electrons. The van der Waals surface area contributed by atoms with Gasteiger partial charge < -0.3 is 10.2 Å². The van der Waals surface area contributed by atoms with E-state index < -0.39 is 0 Å². The Morgan fingerprint density at radius 3 is 2.95 bits per heavy atom. The molecule has 5 nitrogen and oxygen atoms in total. The number of guanidine groups is 1. The highest BCUT2D eigenvalue weighted by Crippen LogP contribution is 2.09. The maximum atomic E-state index is 4.31. The minimum Gasteiger partial charge on any atom is -0.354 e. The molecule has 2 heterocycles. The van der Waals surface area contributed by atoms with Crippen LogP contribution >= 0.6 is 35.3 Å². The lowest BCUT2D eigenvalue weighted by molar-refractivity contribution is 0.479. The molecule has 0 bridgehead atoms. The molecule has 0 spiro atoms. The van der Waals surface area contributed by atoms with Gasteiger partial charge in [-0.05, 0) is 23.9 Å². The van der Waals surface area contributed by atoms with Crippen molar-refractivity contribution in [2.24, 2.45) is 4.99 Å². The Morgan fingerprint density at radius 1 is 1.48 bits per heavy atom. The van der Waals surface area contributed by atoms with E-state index in [-0.39, 0.29) is 24.0 Å². The Bertz CT molecular complexity index is 509. The van der Waals surface area contributed by atoms with E-state index in [1.54, 1.807) is 17.5 Å². The lowest BCUT2D eigenvalue weighted by Gasteiger charge is -2.21. The molecule has 0 aromatic carbocycles. The summed E-state index contributed by atoms with van der Waals surface area (Å²) < 4.78 is 1.91. The molecule has 1 N–H and O–H groups in total. The average Bonchev–Trinajstić information content (AvgIpc) is 3.14. The van der Waals surface area contributed by atoms with Gasteiger partial charge in [0.1, 0.15) is 0 Å². The van der Waals surface area contributed by atoms with Crippen LogP contribution in [0.2, 0.25) is 0 Å². The summed E-state index contributed by atoms with van der Waals surface area (Å²) in [6, 6.07) is 6.20. The summed E-state index contributed by atoms with van der Waals surface area (Å²) in [6.07, 6.45) is 4.81. The van der Waals surface area contributed by atoms with Crippen molar-refractivity contribution >= 4 is 41.3 Å². The van der Waals surface area contributed by atoms with Gasteiger partial charge in [-0.25, -0.2) is 0 Å². The molecular weight excluding hydrogens is 397 g/mol. The molecule has 2 aromatic rings. The van der Waals surface area contributed by atoms with Gasteiger partial charge in [-0.2, -0.15) is 5.10 Å². The van der Waals surface area contributed by atoms with Crippen molar-refractivity contribution in [3.05, 3.63) is 40.8 Å². The van der Waals surface area contributed by atoms with Crippen LogP contribution < -0.4 is 5.32 Å². The van der Waals surface area contributed by atoms with Gasteiger partial charge in [0.25, 0.3) is 0 Å². The van der Waals surface area contributed by atoms with Gasteiger partial charge in [0, 0.05) is 44.5 Å². The summed E-state index contributed by atoms with van der Waals surface area (Å²) in [5, 5.41) is 9.65. The van der Waals surface area contributed by atoms with E-state index in [1.807, 2.05) is 24.0 Å². The first-order valence-electron chi connectivity index (χ1n) is 6.71. The lowest BCUT2D eigenvalue weighted by Crippen LogP contribution is -2.41. The molecule has 0 amide bonds. The van der Waals surface area contributed by atoms with E-state index >= 15 is 0 Å². The molecule has 7 heteroatoms. The highest BCUT2D eigenvalue weighted by Gasteiger charge is 2.05. The molecule has 116 valence electrons. The van der Waals surface area contributed by atoms with Crippen LogP contribution in [0.1, 0.15) is 4.88 Å². The predicted octanol–water partition coefficient (Wildman–Crippen LogP) is 2.31. The van der Waals surface area contributed by atoms with E-state index in [0.717, 1.165) is 32.0 Å². The van der Waals surface area contributed by atoms with Crippen LogP contribution in [-0.4, -0.2) is 47.8 Å². The van der Waals surface area contributed by atoms with E-state index in [2.05, 4.69) is 44.9 Å². The second-order valence-corrected chi connectivity index (χ2v) is 5.53. The van der Waals surface area contributed by atoms with Crippen molar-refractivity contribution in [3.8, 4) is 0 Å². The number of aromatic nitrogens is 2. The Labute approximate surface area is 147 Å². The number of thiophene rings is 1. The molecule has 2 aromatic heterocycles. The second kappa shape index (κ2) is 9.78. The van der Waals surface area contributed by atoms with Gasteiger partial charge in [-0.15, -0.1) is 35.3 Å². The summed E-state index contributed by atoms with van der Waals surface area (Å²) in [5.74, 6) is 0.925. The van der Waals surface area contributed by atoms with Gasteiger partial charge in [0.15, 0.2) is 5.96 Å². The number of hydrogen-bond donors (Lipinski definition) is 1. The molecule has 0 fully saturated rings. The minimum absolute atomic E-state index is 0. The average molecular weight is 419 g/mol. The van der Waals surface area contributed by atoms with Crippen molar-refractivity contribution in [2.75, 3.05) is 27.2 Å². The third kappa shape index (κ3) is 6.04. The van der Waals surface area contributed by atoms with E-state index in [0.29, 0.717) is 0 Å². The normalized spacial score (nSPS) is 11.0. The Kier molecular flexibility index (Phi) is 8.36. The second-order valence-electron chi connectivity index (χ2n) is 4.49. The van der Waals surface area contributed by atoms with Crippen LogP contribution in [-0.2, 0) is 13.0 Å². The number of nitrogens with zero attached hydrogens (tertiary/aromatic N) is 4. The Balaban J connectivity index is 0.00000220. The van der Waals surface area contributed by atoms with Crippen molar-refractivity contribution in [2.45, 2.75) is 13.0 Å². The molecule has 2 rings (SSSR count). The van der Waals surface area contributed by atoms with Crippen molar-refractivity contribution in [1.29, 1.82) is 0 Å². The minimum atomic E-state index is 0. The molecule has 0 aliphatic heterocycles. The molecule has 0 aliphatic carbocycles. The molecule has 0 unspecified atom stereocenters. The topological polar surface area (TPSA) is 45.5 Å². The Hall–Kier alpha value is -1.09. The first kappa shape index (κ1) is 18.0. The largest absolute Gasteiger partial charge is 0.354 e. The van der Waals surface area contributed by atoms with Gasteiger partial charge in [0.05, 0.1) is 6.54 Å². The number of nitrogens with one attached hydrogen (secondary N) is 1. The van der Waals surface area contributed by atoms with Gasteiger partial charge in [-0.3, -0.25) is 9.67 Å². The molecule has 0 saturated heterocycles. The van der Waals surface area contributed by atoms with E-state index in [1.165, 1.54) is 4.88 Å². The zero-order valence-corrected chi connectivity index (χ0v) is 15.5. The van der Waals surface area contributed by atoms with Crippen LogP contribution in [0.15, 0.2) is 41.0 Å². The first-order chi connectivity index (χ1) is 9.79. The number of likely N-dealkylation sites (N-methyl/N-ethyl adjacent to an activating group) is 1. The number of aliphatic imine (C=N–C) groups is 1. The van der Waals surface area contributed by atoms with Gasteiger partial charge in [0.2, 0.25) is 0 Å². The lowest BCUT2D eigenvalue weighted by atomic mass is 10.3. The highest BCUT2D eigenvalue weighted by atomic mass is 127.